The molecule has 0 amide bonds. The van der Waals surface area contributed by atoms with Gasteiger partial charge >= 0.3 is 0 Å². The van der Waals surface area contributed by atoms with E-state index in [-0.39, 0.29) is 10.6 Å². The van der Waals surface area contributed by atoms with Gasteiger partial charge in [-0.3, -0.25) is 4.72 Å². The molecule has 0 aliphatic rings. The van der Waals surface area contributed by atoms with E-state index in [1.807, 2.05) is 31.2 Å². The van der Waals surface area contributed by atoms with E-state index < -0.39 is 15.8 Å². The highest BCUT2D eigenvalue weighted by atomic mass is 32.2. The first-order chi connectivity index (χ1) is 12.3. The molecule has 0 aliphatic heterocycles. The van der Waals surface area contributed by atoms with E-state index in [1.165, 1.54) is 24.4 Å². The summed E-state index contributed by atoms with van der Waals surface area (Å²) in [5, 5.41) is 0. The van der Waals surface area contributed by atoms with Gasteiger partial charge in [-0.2, -0.15) is 0 Å². The number of anilines is 1. The summed E-state index contributed by atoms with van der Waals surface area (Å²) in [6.07, 6.45) is 1.34. The zero-order chi connectivity index (χ0) is 18.7. The maximum absolute atomic E-state index is 13.6. The van der Waals surface area contributed by atoms with Gasteiger partial charge in [-0.25, -0.2) is 17.8 Å². The Morgan fingerprint density at radius 1 is 1.00 bits per heavy atom. The largest absolute Gasteiger partial charge is 0.439 e. The maximum Gasteiger partial charge on any atom is 0.262 e. The summed E-state index contributed by atoms with van der Waals surface area (Å²) in [5.74, 6) is 0.387. The monoisotopic (exact) mass is 372 g/mol. The summed E-state index contributed by atoms with van der Waals surface area (Å²) in [7, 11) is -3.90. The van der Waals surface area contributed by atoms with E-state index >= 15 is 0 Å². The van der Waals surface area contributed by atoms with Crippen LogP contribution in [0.5, 0.6) is 11.6 Å². The molecule has 0 fully saturated rings. The molecule has 7 heteroatoms. The molecular weight excluding hydrogens is 355 g/mol. The minimum Gasteiger partial charge on any atom is -0.439 e. The summed E-state index contributed by atoms with van der Waals surface area (Å²) in [6, 6.07) is 14.3. The molecule has 26 heavy (non-hydrogen) atoms. The van der Waals surface area contributed by atoms with Gasteiger partial charge in [-0.1, -0.05) is 23.8 Å². The van der Waals surface area contributed by atoms with Crippen LogP contribution in [0.1, 0.15) is 11.1 Å². The van der Waals surface area contributed by atoms with Gasteiger partial charge in [0.2, 0.25) is 5.88 Å². The van der Waals surface area contributed by atoms with Gasteiger partial charge < -0.3 is 4.74 Å². The summed E-state index contributed by atoms with van der Waals surface area (Å²) < 4.78 is 46.2. The lowest BCUT2D eigenvalue weighted by Crippen LogP contribution is -2.13. The Morgan fingerprint density at radius 2 is 1.73 bits per heavy atom. The fraction of sp³-hybridized carbons (Fsp3) is 0.105. The summed E-state index contributed by atoms with van der Waals surface area (Å²) in [5.41, 5.74) is 1.74. The van der Waals surface area contributed by atoms with Crippen LogP contribution in [0, 0.1) is 19.7 Å². The van der Waals surface area contributed by atoms with Crippen molar-refractivity contribution in [2.75, 3.05) is 4.72 Å². The number of benzene rings is 2. The minimum absolute atomic E-state index is 0.152. The van der Waals surface area contributed by atoms with Crippen molar-refractivity contribution in [3.63, 3.8) is 0 Å². The second-order valence-corrected chi connectivity index (χ2v) is 7.50. The standard InChI is InChI=1S/C19H17FN2O3S/c1-13-3-7-16(8-4-13)25-19-10-6-15(12-21-19)22-26(23,24)17-9-5-14(2)18(20)11-17/h3-12,22H,1-2H3. The zero-order valence-corrected chi connectivity index (χ0v) is 15.0. The van der Waals surface area contributed by atoms with E-state index in [2.05, 4.69) is 9.71 Å². The molecule has 0 atom stereocenters. The molecule has 0 radical (unpaired) electrons. The van der Waals surface area contributed by atoms with Crippen molar-refractivity contribution >= 4 is 15.7 Å². The lowest BCUT2D eigenvalue weighted by molar-refractivity contribution is 0.463. The third kappa shape index (κ3) is 4.18. The number of pyridine rings is 1. The van der Waals surface area contributed by atoms with Gasteiger partial charge in [0, 0.05) is 6.07 Å². The fourth-order valence-electron chi connectivity index (χ4n) is 2.18. The van der Waals surface area contributed by atoms with E-state index in [4.69, 9.17) is 4.74 Å². The predicted molar refractivity (Wildman–Crippen MR) is 97.4 cm³/mol. The van der Waals surface area contributed by atoms with Crippen molar-refractivity contribution in [2.45, 2.75) is 18.7 Å². The molecule has 2 aromatic carbocycles. The lowest BCUT2D eigenvalue weighted by atomic mass is 10.2. The molecule has 0 aliphatic carbocycles. The van der Waals surface area contributed by atoms with Crippen LogP contribution in [0.15, 0.2) is 65.7 Å². The lowest BCUT2D eigenvalue weighted by Gasteiger charge is -2.10. The van der Waals surface area contributed by atoms with Crippen LogP contribution in [0.3, 0.4) is 0 Å². The van der Waals surface area contributed by atoms with Crippen LogP contribution in [0.2, 0.25) is 0 Å². The molecule has 1 heterocycles. The Kier molecular flexibility index (Phi) is 4.90. The van der Waals surface area contributed by atoms with Crippen molar-refractivity contribution < 1.29 is 17.5 Å². The normalized spacial score (nSPS) is 11.2. The van der Waals surface area contributed by atoms with Gasteiger partial charge in [0.1, 0.15) is 11.6 Å². The first kappa shape index (κ1) is 17.9. The van der Waals surface area contributed by atoms with Crippen molar-refractivity contribution in [1.29, 1.82) is 0 Å². The first-order valence-corrected chi connectivity index (χ1v) is 9.31. The van der Waals surface area contributed by atoms with Crippen LogP contribution < -0.4 is 9.46 Å². The van der Waals surface area contributed by atoms with Crippen molar-refractivity contribution in [3.05, 3.63) is 77.7 Å². The van der Waals surface area contributed by atoms with E-state index in [0.29, 0.717) is 17.2 Å². The Labute approximate surface area is 151 Å². The molecule has 0 bridgehead atoms. The van der Waals surface area contributed by atoms with Crippen LogP contribution in [-0.2, 0) is 10.0 Å². The number of rotatable bonds is 5. The predicted octanol–water partition coefficient (Wildman–Crippen LogP) is 4.43. The van der Waals surface area contributed by atoms with Crippen LogP contribution in [0.4, 0.5) is 10.1 Å². The Bertz CT molecular complexity index is 1020. The van der Waals surface area contributed by atoms with Crippen LogP contribution >= 0.6 is 0 Å². The summed E-state index contributed by atoms with van der Waals surface area (Å²) >= 11 is 0. The van der Waals surface area contributed by atoms with Crippen LogP contribution in [0.25, 0.3) is 0 Å². The Hall–Kier alpha value is -2.93. The molecule has 1 aromatic heterocycles. The third-order valence-electron chi connectivity index (χ3n) is 3.69. The molecular formula is C19H17FN2O3S. The Morgan fingerprint density at radius 3 is 2.35 bits per heavy atom. The fourth-order valence-corrected chi connectivity index (χ4v) is 3.24. The number of hydrogen-bond donors (Lipinski definition) is 1. The smallest absolute Gasteiger partial charge is 0.262 e. The highest BCUT2D eigenvalue weighted by Gasteiger charge is 2.16. The third-order valence-corrected chi connectivity index (χ3v) is 5.06. The molecule has 5 nitrogen and oxygen atoms in total. The van der Waals surface area contributed by atoms with E-state index in [1.54, 1.807) is 13.0 Å². The molecule has 0 unspecified atom stereocenters. The maximum atomic E-state index is 13.6. The zero-order valence-electron chi connectivity index (χ0n) is 14.2. The number of hydrogen-bond acceptors (Lipinski definition) is 4. The molecule has 0 spiro atoms. The van der Waals surface area contributed by atoms with Gasteiger partial charge in [0.05, 0.1) is 16.8 Å². The Balaban J connectivity index is 1.73. The molecule has 0 saturated carbocycles. The average molecular weight is 372 g/mol. The number of sulfonamides is 1. The molecule has 0 saturated heterocycles. The number of ether oxygens (including phenoxy) is 1. The molecule has 134 valence electrons. The number of aryl methyl sites for hydroxylation is 2. The first-order valence-electron chi connectivity index (χ1n) is 7.83. The number of nitrogens with zero attached hydrogens (tertiary/aromatic N) is 1. The minimum atomic E-state index is -3.90. The topological polar surface area (TPSA) is 68.3 Å². The van der Waals surface area contributed by atoms with Gasteiger partial charge in [0.25, 0.3) is 10.0 Å². The van der Waals surface area contributed by atoms with Crippen molar-refractivity contribution in [1.82, 2.24) is 4.98 Å². The van der Waals surface area contributed by atoms with E-state index in [9.17, 15) is 12.8 Å². The van der Waals surface area contributed by atoms with Gasteiger partial charge in [0.15, 0.2) is 0 Å². The molecule has 3 aromatic rings. The summed E-state index contributed by atoms with van der Waals surface area (Å²) in [4.78, 5) is 3.93. The average Bonchev–Trinajstić information content (AvgIpc) is 2.61. The number of aromatic nitrogens is 1. The second kappa shape index (κ2) is 7.13. The van der Waals surface area contributed by atoms with Gasteiger partial charge in [-0.15, -0.1) is 0 Å². The highest BCUT2D eigenvalue weighted by Crippen LogP contribution is 2.22. The number of halogens is 1. The number of nitrogens with one attached hydrogen (secondary N) is 1. The molecule has 1 N–H and O–H groups in total. The quantitative estimate of drug-likeness (QED) is 0.719. The second-order valence-electron chi connectivity index (χ2n) is 5.82. The van der Waals surface area contributed by atoms with Crippen molar-refractivity contribution in [2.24, 2.45) is 0 Å². The summed E-state index contributed by atoms with van der Waals surface area (Å²) in [6.45, 7) is 3.54. The highest BCUT2D eigenvalue weighted by molar-refractivity contribution is 7.92. The molecule has 3 rings (SSSR count). The van der Waals surface area contributed by atoms with Gasteiger partial charge in [-0.05, 0) is 49.7 Å². The van der Waals surface area contributed by atoms with E-state index in [0.717, 1.165) is 11.6 Å². The SMILES string of the molecule is Cc1ccc(Oc2ccc(NS(=O)(=O)c3ccc(C)c(F)c3)cn2)cc1. The van der Waals surface area contributed by atoms with Crippen LogP contribution in [-0.4, -0.2) is 13.4 Å². The van der Waals surface area contributed by atoms with Crippen molar-refractivity contribution in [3.8, 4) is 11.6 Å².